The monoisotopic (exact) mass is 544 g/mol. The number of aliphatic carboxylic acids is 1. The van der Waals surface area contributed by atoms with E-state index in [0.717, 1.165) is 0 Å². The third kappa shape index (κ3) is 5.99. The lowest BCUT2D eigenvalue weighted by Gasteiger charge is -2.10. The van der Waals surface area contributed by atoms with Gasteiger partial charge in [0.15, 0.2) is 5.76 Å². The molecule has 7 nitrogen and oxygen atoms in total. The van der Waals surface area contributed by atoms with Gasteiger partial charge in [-0.25, -0.2) is 0 Å². The van der Waals surface area contributed by atoms with Crippen LogP contribution in [0.3, 0.4) is 0 Å². The normalized spacial score (nSPS) is 10.8. The molecule has 4 aromatic rings. The third-order valence-electron chi connectivity index (χ3n) is 5.14. The van der Waals surface area contributed by atoms with Crippen molar-refractivity contribution in [1.29, 1.82) is 0 Å². The number of carboxylic acid groups (broad SMARTS) is 1. The van der Waals surface area contributed by atoms with Gasteiger partial charge in [-0.1, -0.05) is 82.4 Å². The predicted molar refractivity (Wildman–Crippen MR) is 138 cm³/mol. The SMILES string of the molecule is O=C(O)Cc1ccc(-c2noc(-c3ccccc3)c2C(=O)NCCOc2ccc(Cl)cc2Cl)c(Cl)c1. The summed E-state index contributed by atoms with van der Waals surface area (Å²) < 4.78 is 11.2. The minimum absolute atomic E-state index is 0.152. The molecule has 1 heterocycles. The average molecular weight is 546 g/mol. The fraction of sp³-hybridized carbons (Fsp3) is 0.115. The first kappa shape index (κ1) is 25.6. The molecule has 184 valence electrons. The Morgan fingerprint density at radius 1 is 0.972 bits per heavy atom. The molecule has 0 aliphatic heterocycles. The van der Waals surface area contributed by atoms with E-state index in [0.29, 0.717) is 32.5 Å². The fourth-order valence-corrected chi connectivity index (χ4v) is 4.27. The van der Waals surface area contributed by atoms with Crippen molar-refractivity contribution >= 4 is 46.7 Å². The van der Waals surface area contributed by atoms with Gasteiger partial charge >= 0.3 is 5.97 Å². The van der Waals surface area contributed by atoms with Crippen molar-refractivity contribution < 1.29 is 24.0 Å². The summed E-state index contributed by atoms with van der Waals surface area (Å²) in [6, 6.07) is 18.7. The molecular weight excluding hydrogens is 527 g/mol. The Bertz CT molecular complexity index is 1410. The number of amides is 1. The minimum atomic E-state index is -0.978. The van der Waals surface area contributed by atoms with Gasteiger partial charge in [-0.05, 0) is 29.8 Å². The van der Waals surface area contributed by atoms with Crippen molar-refractivity contribution in [2.75, 3.05) is 13.2 Å². The molecule has 0 saturated carbocycles. The van der Waals surface area contributed by atoms with Crippen LogP contribution in [-0.2, 0) is 11.2 Å². The number of hydrogen-bond acceptors (Lipinski definition) is 5. The van der Waals surface area contributed by atoms with E-state index in [9.17, 15) is 9.59 Å². The summed E-state index contributed by atoms with van der Waals surface area (Å²) >= 11 is 18.5. The van der Waals surface area contributed by atoms with Gasteiger partial charge in [0.2, 0.25) is 0 Å². The van der Waals surface area contributed by atoms with Crippen molar-refractivity contribution in [3.63, 3.8) is 0 Å². The molecule has 0 bridgehead atoms. The van der Waals surface area contributed by atoms with E-state index in [4.69, 9.17) is 49.2 Å². The van der Waals surface area contributed by atoms with E-state index in [1.165, 1.54) is 6.07 Å². The largest absolute Gasteiger partial charge is 0.490 e. The van der Waals surface area contributed by atoms with E-state index >= 15 is 0 Å². The van der Waals surface area contributed by atoms with E-state index in [1.807, 2.05) is 18.2 Å². The summed E-state index contributed by atoms with van der Waals surface area (Å²) in [5, 5.41) is 17.1. The zero-order valence-electron chi connectivity index (χ0n) is 18.6. The molecule has 0 spiro atoms. The molecule has 4 rings (SSSR count). The Labute approximate surface area is 221 Å². The number of rotatable bonds is 9. The molecule has 0 unspecified atom stereocenters. The second-order valence-electron chi connectivity index (χ2n) is 7.67. The maximum Gasteiger partial charge on any atom is 0.307 e. The highest BCUT2D eigenvalue weighted by molar-refractivity contribution is 6.35. The lowest BCUT2D eigenvalue weighted by molar-refractivity contribution is -0.136. The van der Waals surface area contributed by atoms with Crippen LogP contribution in [0.25, 0.3) is 22.6 Å². The van der Waals surface area contributed by atoms with Crippen LogP contribution in [0.2, 0.25) is 15.1 Å². The van der Waals surface area contributed by atoms with Crippen molar-refractivity contribution in [3.05, 3.63) is 92.9 Å². The number of carboxylic acids is 1. The summed E-state index contributed by atoms with van der Waals surface area (Å²) in [7, 11) is 0. The zero-order chi connectivity index (χ0) is 25.7. The molecule has 10 heteroatoms. The second-order valence-corrected chi connectivity index (χ2v) is 8.92. The fourth-order valence-electron chi connectivity index (χ4n) is 3.51. The second kappa shape index (κ2) is 11.5. The van der Waals surface area contributed by atoms with Crippen molar-refractivity contribution in [3.8, 4) is 28.3 Å². The third-order valence-corrected chi connectivity index (χ3v) is 5.98. The first-order valence-corrected chi connectivity index (χ1v) is 11.9. The number of nitrogens with one attached hydrogen (secondary N) is 1. The van der Waals surface area contributed by atoms with E-state index in [-0.39, 0.29) is 41.6 Å². The smallest absolute Gasteiger partial charge is 0.307 e. The molecule has 0 aliphatic rings. The van der Waals surface area contributed by atoms with Crippen LogP contribution in [0, 0.1) is 0 Å². The van der Waals surface area contributed by atoms with Crippen LogP contribution in [0.5, 0.6) is 5.75 Å². The summed E-state index contributed by atoms with van der Waals surface area (Å²) in [6.07, 6.45) is -0.181. The minimum Gasteiger partial charge on any atom is -0.490 e. The predicted octanol–water partition coefficient (Wildman–Crippen LogP) is 6.40. The quantitative estimate of drug-likeness (QED) is 0.236. The molecule has 0 radical (unpaired) electrons. The Kier molecular flexibility index (Phi) is 8.15. The highest BCUT2D eigenvalue weighted by atomic mass is 35.5. The highest BCUT2D eigenvalue weighted by Gasteiger charge is 2.26. The molecule has 2 N–H and O–H groups in total. The van der Waals surface area contributed by atoms with Crippen molar-refractivity contribution in [2.45, 2.75) is 6.42 Å². The molecule has 0 fully saturated rings. The standard InChI is InChI=1S/C26H19Cl3N2O5/c27-17-7-9-21(20(29)14-17)35-11-10-30-26(34)23-24(31-36-25(23)16-4-2-1-3-5-16)18-8-6-15(12-19(18)28)13-22(32)33/h1-9,12,14H,10-11,13H2,(H,30,34)(H,32,33). The summed E-state index contributed by atoms with van der Waals surface area (Å²) in [5.74, 6) is -0.704. The van der Waals surface area contributed by atoms with Crippen LogP contribution in [-0.4, -0.2) is 35.3 Å². The van der Waals surface area contributed by atoms with E-state index in [2.05, 4.69) is 10.5 Å². The summed E-state index contributed by atoms with van der Waals surface area (Å²) in [4.78, 5) is 24.4. The summed E-state index contributed by atoms with van der Waals surface area (Å²) in [6.45, 7) is 0.320. The van der Waals surface area contributed by atoms with Gasteiger partial charge in [0.05, 0.1) is 23.0 Å². The van der Waals surface area contributed by atoms with Crippen LogP contribution < -0.4 is 10.1 Å². The molecular formula is C26H19Cl3N2O5. The van der Waals surface area contributed by atoms with Crippen LogP contribution in [0.1, 0.15) is 15.9 Å². The molecule has 0 saturated heterocycles. The number of aromatic nitrogens is 1. The molecule has 1 amide bonds. The van der Waals surface area contributed by atoms with Gasteiger partial charge in [-0.15, -0.1) is 0 Å². The number of benzene rings is 3. The maximum atomic E-state index is 13.3. The van der Waals surface area contributed by atoms with Gasteiger partial charge in [0.25, 0.3) is 5.91 Å². The molecule has 0 aliphatic carbocycles. The van der Waals surface area contributed by atoms with Gasteiger partial charge in [-0.2, -0.15) is 0 Å². The first-order valence-electron chi connectivity index (χ1n) is 10.7. The Morgan fingerprint density at radius 2 is 1.75 bits per heavy atom. The average Bonchev–Trinajstić information content (AvgIpc) is 3.28. The van der Waals surface area contributed by atoms with Gasteiger partial charge in [0.1, 0.15) is 23.6 Å². The number of hydrogen-bond donors (Lipinski definition) is 2. The lowest BCUT2D eigenvalue weighted by Crippen LogP contribution is -2.28. The van der Waals surface area contributed by atoms with Crippen molar-refractivity contribution in [2.24, 2.45) is 0 Å². The van der Waals surface area contributed by atoms with Gasteiger partial charge < -0.3 is 19.7 Å². The van der Waals surface area contributed by atoms with E-state index in [1.54, 1.807) is 42.5 Å². The number of nitrogens with zero attached hydrogens (tertiary/aromatic N) is 1. The van der Waals surface area contributed by atoms with Crippen molar-refractivity contribution in [1.82, 2.24) is 10.5 Å². The summed E-state index contributed by atoms with van der Waals surface area (Å²) in [5.41, 5.74) is 2.04. The van der Waals surface area contributed by atoms with Crippen LogP contribution >= 0.6 is 34.8 Å². The lowest BCUT2D eigenvalue weighted by atomic mass is 10.00. The number of halogens is 3. The molecule has 3 aromatic carbocycles. The van der Waals surface area contributed by atoms with Crippen LogP contribution in [0.15, 0.2) is 71.3 Å². The van der Waals surface area contributed by atoms with Gasteiger partial charge in [-0.3, -0.25) is 9.59 Å². The highest BCUT2D eigenvalue weighted by Crippen LogP contribution is 2.36. The zero-order valence-corrected chi connectivity index (χ0v) is 20.9. The number of carbonyl (C=O) groups excluding carboxylic acids is 1. The Morgan fingerprint density at radius 3 is 2.44 bits per heavy atom. The van der Waals surface area contributed by atoms with Crippen LogP contribution in [0.4, 0.5) is 0 Å². The van der Waals surface area contributed by atoms with Gasteiger partial charge in [0, 0.05) is 16.1 Å². The number of ether oxygens (including phenoxy) is 1. The maximum absolute atomic E-state index is 13.3. The topological polar surface area (TPSA) is 102 Å². The van der Waals surface area contributed by atoms with E-state index < -0.39 is 11.9 Å². The first-order chi connectivity index (χ1) is 17.3. The number of carbonyl (C=O) groups is 2. The molecule has 0 atom stereocenters. The Hall–Kier alpha value is -3.52. The Balaban J connectivity index is 1.59. The molecule has 1 aromatic heterocycles. The molecule has 36 heavy (non-hydrogen) atoms.